The summed E-state index contributed by atoms with van der Waals surface area (Å²) in [4.78, 5) is 11.3. The number of anilines is 1. The fourth-order valence-electron chi connectivity index (χ4n) is 1.48. The number of halogens is 1. The van der Waals surface area contributed by atoms with Crippen LogP contribution >= 0.6 is 11.6 Å². The van der Waals surface area contributed by atoms with Crippen LogP contribution in [0.25, 0.3) is 0 Å². The van der Waals surface area contributed by atoms with Crippen molar-refractivity contribution < 1.29 is 4.79 Å². The van der Waals surface area contributed by atoms with Crippen molar-refractivity contribution >= 4 is 23.2 Å². The normalized spacial score (nSPS) is 10.1. The maximum atomic E-state index is 11.3. The zero-order valence-corrected chi connectivity index (χ0v) is 10.4. The van der Waals surface area contributed by atoms with Gasteiger partial charge in [-0.25, -0.2) is 0 Å². The van der Waals surface area contributed by atoms with Crippen molar-refractivity contribution in [2.75, 3.05) is 5.32 Å². The van der Waals surface area contributed by atoms with E-state index in [-0.39, 0.29) is 5.03 Å². The molecular formula is C13H12ClN3O. The van der Waals surface area contributed by atoms with Crippen molar-refractivity contribution in [1.82, 2.24) is 9.78 Å². The molecule has 0 aliphatic heterocycles. The lowest BCUT2D eigenvalue weighted by molar-refractivity contribution is -0.112. The maximum absolute atomic E-state index is 11.3. The lowest BCUT2D eigenvalue weighted by atomic mass is 10.2. The van der Waals surface area contributed by atoms with E-state index < -0.39 is 5.91 Å². The van der Waals surface area contributed by atoms with E-state index in [9.17, 15) is 4.79 Å². The molecule has 1 aromatic carbocycles. The van der Waals surface area contributed by atoms with Crippen LogP contribution in [0.4, 0.5) is 5.69 Å². The molecule has 0 unspecified atom stereocenters. The average Bonchev–Trinajstić information content (AvgIpc) is 2.77. The molecule has 0 aliphatic rings. The molecule has 18 heavy (non-hydrogen) atoms. The predicted molar refractivity (Wildman–Crippen MR) is 71.4 cm³/mol. The van der Waals surface area contributed by atoms with Gasteiger partial charge in [-0.1, -0.05) is 48.5 Å². The molecule has 1 amide bonds. The first-order valence-corrected chi connectivity index (χ1v) is 5.75. The van der Waals surface area contributed by atoms with E-state index in [4.69, 9.17) is 11.6 Å². The Balaban J connectivity index is 2.02. The molecule has 2 aromatic rings. The molecule has 92 valence electrons. The van der Waals surface area contributed by atoms with Gasteiger partial charge in [0, 0.05) is 6.20 Å². The van der Waals surface area contributed by atoms with E-state index >= 15 is 0 Å². The van der Waals surface area contributed by atoms with Crippen LogP contribution in [0, 0.1) is 0 Å². The summed E-state index contributed by atoms with van der Waals surface area (Å²) in [5.41, 5.74) is 1.73. The molecule has 0 bridgehead atoms. The number of benzene rings is 1. The van der Waals surface area contributed by atoms with Gasteiger partial charge in [0.2, 0.25) is 0 Å². The fraction of sp³-hybridized carbons (Fsp3) is 0.0769. The van der Waals surface area contributed by atoms with Gasteiger partial charge in [0.05, 0.1) is 23.5 Å². The smallest absolute Gasteiger partial charge is 0.266 e. The minimum absolute atomic E-state index is 0.0502. The van der Waals surface area contributed by atoms with Gasteiger partial charge in [0.15, 0.2) is 0 Å². The SMILES string of the molecule is C=C(Cl)C(=O)Nc1cnn(Cc2ccccc2)c1. The highest BCUT2D eigenvalue weighted by Gasteiger charge is 2.06. The van der Waals surface area contributed by atoms with Gasteiger partial charge < -0.3 is 5.32 Å². The number of nitrogens with zero attached hydrogens (tertiary/aromatic N) is 2. The van der Waals surface area contributed by atoms with Crippen LogP contribution in [0.2, 0.25) is 0 Å². The molecule has 4 nitrogen and oxygen atoms in total. The first kappa shape index (κ1) is 12.4. The molecule has 0 saturated carbocycles. The van der Waals surface area contributed by atoms with Crippen LogP contribution in [-0.2, 0) is 11.3 Å². The first-order chi connectivity index (χ1) is 8.65. The minimum atomic E-state index is -0.420. The Morgan fingerprint density at radius 2 is 2.11 bits per heavy atom. The number of nitrogens with one attached hydrogen (secondary N) is 1. The van der Waals surface area contributed by atoms with E-state index in [1.165, 1.54) is 0 Å². The molecule has 0 fully saturated rings. The van der Waals surface area contributed by atoms with Gasteiger partial charge in [0.1, 0.15) is 0 Å². The quantitative estimate of drug-likeness (QED) is 0.860. The molecule has 0 atom stereocenters. The van der Waals surface area contributed by atoms with Crippen molar-refractivity contribution in [1.29, 1.82) is 0 Å². The third-order valence-electron chi connectivity index (χ3n) is 2.32. The van der Waals surface area contributed by atoms with Crippen molar-refractivity contribution in [2.24, 2.45) is 0 Å². The summed E-state index contributed by atoms with van der Waals surface area (Å²) < 4.78 is 1.74. The van der Waals surface area contributed by atoms with Gasteiger partial charge in [-0.15, -0.1) is 0 Å². The summed E-state index contributed by atoms with van der Waals surface area (Å²) in [6, 6.07) is 9.93. The third-order valence-corrected chi connectivity index (χ3v) is 2.50. The summed E-state index contributed by atoms with van der Waals surface area (Å²) in [5.74, 6) is -0.420. The average molecular weight is 262 g/mol. The van der Waals surface area contributed by atoms with E-state index in [2.05, 4.69) is 17.0 Å². The Bertz CT molecular complexity index is 563. The first-order valence-electron chi connectivity index (χ1n) is 5.37. The molecule has 1 aromatic heterocycles. The Labute approximate surface area is 110 Å². The van der Waals surface area contributed by atoms with E-state index in [1.807, 2.05) is 30.3 Å². The van der Waals surface area contributed by atoms with Crippen molar-refractivity contribution in [2.45, 2.75) is 6.54 Å². The summed E-state index contributed by atoms with van der Waals surface area (Å²) >= 11 is 5.48. The summed E-state index contributed by atoms with van der Waals surface area (Å²) in [6.07, 6.45) is 3.31. The number of hydrogen-bond acceptors (Lipinski definition) is 2. The standard InChI is InChI=1S/C13H12ClN3O/c1-10(14)13(18)16-12-7-15-17(9-12)8-11-5-3-2-4-6-11/h2-7,9H,1,8H2,(H,16,18). The Kier molecular flexibility index (Phi) is 3.79. The molecule has 0 saturated heterocycles. The number of aromatic nitrogens is 2. The Hall–Kier alpha value is -2.07. The van der Waals surface area contributed by atoms with E-state index in [1.54, 1.807) is 17.1 Å². The number of rotatable bonds is 4. The largest absolute Gasteiger partial charge is 0.319 e. The fourth-order valence-corrected chi connectivity index (χ4v) is 1.53. The molecular weight excluding hydrogens is 250 g/mol. The molecule has 0 spiro atoms. The minimum Gasteiger partial charge on any atom is -0.319 e. The van der Waals surface area contributed by atoms with Crippen LogP contribution in [0.1, 0.15) is 5.56 Å². The van der Waals surface area contributed by atoms with Crippen LogP contribution in [-0.4, -0.2) is 15.7 Å². The zero-order valence-electron chi connectivity index (χ0n) is 9.64. The number of carbonyl (C=O) groups excluding carboxylic acids is 1. The highest BCUT2D eigenvalue weighted by molar-refractivity contribution is 6.43. The summed E-state index contributed by atoms with van der Waals surface area (Å²) in [7, 11) is 0. The monoisotopic (exact) mass is 261 g/mol. The number of carbonyl (C=O) groups is 1. The maximum Gasteiger partial charge on any atom is 0.266 e. The highest BCUT2D eigenvalue weighted by atomic mass is 35.5. The zero-order chi connectivity index (χ0) is 13.0. The van der Waals surface area contributed by atoms with E-state index in [0.717, 1.165) is 5.56 Å². The number of amides is 1. The van der Waals surface area contributed by atoms with E-state index in [0.29, 0.717) is 12.2 Å². The van der Waals surface area contributed by atoms with Crippen LogP contribution in [0.5, 0.6) is 0 Å². The van der Waals surface area contributed by atoms with Gasteiger partial charge >= 0.3 is 0 Å². The highest BCUT2D eigenvalue weighted by Crippen LogP contribution is 2.10. The van der Waals surface area contributed by atoms with Gasteiger partial charge in [-0.2, -0.15) is 5.10 Å². The molecule has 0 radical (unpaired) electrons. The van der Waals surface area contributed by atoms with Gasteiger partial charge in [-0.05, 0) is 5.56 Å². The van der Waals surface area contributed by atoms with Gasteiger partial charge in [0.25, 0.3) is 5.91 Å². The van der Waals surface area contributed by atoms with Crippen molar-refractivity contribution in [3.05, 3.63) is 59.9 Å². The van der Waals surface area contributed by atoms with Crippen LogP contribution in [0.15, 0.2) is 54.3 Å². The van der Waals surface area contributed by atoms with Crippen molar-refractivity contribution in [3.8, 4) is 0 Å². The Morgan fingerprint density at radius 3 is 2.78 bits per heavy atom. The second-order valence-corrected chi connectivity index (χ2v) is 4.23. The lowest BCUT2D eigenvalue weighted by Gasteiger charge is -2.01. The molecule has 1 heterocycles. The second kappa shape index (κ2) is 5.51. The molecule has 2 rings (SSSR count). The lowest BCUT2D eigenvalue weighted by Crippen LogP contribution is -2.10. The van der Waals surface area contributed by atoms with Crippen LogP contribution < -0.4 is 5.32 Å². The summed E-state index contributed by atoms with van der Waals surface area (Å²) in [6.45, 7) is 4.00. The third kappa shape index (κ3) is 3.21. The topological polar surface area (TPSA) is 46.9 Å². The molecule has 5 heteroatoms. The van der Waals surface area contributed by atoms with Crippen molar-refractivity contribution in [3.63, 3.8) is 0 Å². The van der Waals surface area contributed by atoms with Gasteiger partial charge in [-0.3, -0.25) is 9.48 Å². The molecule has 1 N–H and O–H groups in total. The second-order valence-electron chi connectivity index (χ2n) is 3.77. The number of hydrogen-bond donors (Lipinski definition) is 1. The summed E-state index contributed by atoms with van der Waals surface area (Å²) in [5, 5.41) is 6.70. The Morgan fingerprint density at radius 1 is 1.39 bits per heavy atom. The molecule has 0 aliphatic carbocycles. The predicted octanol–water partition coefficient (Wildman–Crippen LogP) is 2.62. The van der Waals surface area contributed by atoms with Crippen LogP contribution in [0.3, 0.4) is 0 Å².